The number of aryl methyl sites for hydroxylation is 1. The molecule has 1 atom stereocenters. The van der Waals surface area contributed by atoms with E-state index in [4.69, 9.17) is 18.0 Å². The van der Waals surface area contributed by atoms with Gasteiger partial charge in [0.25, 0.3) is 0 Å². The number of pyridine rings is 1. The number of benzene rings is 1. The summed E-state index contributed by atoms with van der Waals surface area (Å²) in [5.41, 5.74) is 9.34. The Kier molecular flexibility index (Phi) is 6.85. The molecule has 2 aliphatic rings. The maximum Gasteiger partial charge on any atom is 0.413 e. The van der Waals surface area contributed by atoms with Crippen molar-refractivity contribution < 1.29 is 13.2 Å². The van der Waals surface area contributed by atoms with E-state index in [-0.39, 0.29) is 18.3 Å². The Morgan fingerprint density at radius 1 is 1.26 bits per heavy atom. The molecule has 206 valence electrons. The second-order valence-corrected chi connectivity index (χ2v) is 12.4. The van der Waals surface area contributed by atoms with Crippen molar-refractivity contribution in [2.75, 3.05) is 17.2 Å². The van der Waals surface area contributed by atoms with Crippen LogP contribution in [0.4, 0.5) is 24.5 Å². The minimum atomic E-state index is -4.36. The van der Waals surface area contributed by atoms with Crippen LogP contribution in [-0.2, 0) is 0 Å². The lowest BCUT2D eigenvalue weighted by molar-refractivity contribution is -0.195. The lowest BCUT2D eigenvalue weighted by Gasteiger charge is -2.28. The molecule has 3 heterocycles. The predicted octanol–water partition coefficient (Wildman–Crippen LogP) is 6.51. The fourth-order valence-electron chi connectivity index (χ4n) is 4.52. The highest BCUT2D eigenvalue weighted by Gasteiger charge is 2.67. The molecular formula is C27H29ClF3N7S. The van der Waals surface area contributed by atoms with Crippen LogP contribution >= 0.6 is 22.9 Å². The summed E-state index contributed by atoms with van der Waals surface area (Å²) in [5, 5.41) is 9.21. The van der Waals surface area contributed by atoms with Crippen LogP contribution in [0.5, 0.6) is 0 Å². The molecule has 1 saturated carbocycles. The molecule has 1 fully saturated rings. The van der Waals surface area contributed by atoms with E-state index in [1.165, 1.54) is 17.5 Å². The van der Waals surface area contributed by atoms with Gasteiger partial charge in [-0.1, -0.05) is 38.3 Å². The molecule has 39 heavy (non-hydrogen) atoms. The summed E-state index contributed by atoms with van der Waals surface area (Å²) in [6.45, 7) is 8.88. The van der Waals surface area contributed by atoms with Gasteiger partial charge in [0.05, 0.1) is 43.6 Å². The van der Waals surface area contributed by atoms with Crippen LogP contribution in [-0.4, -0.2) is 33.2 Å². The van der Waals surface area contributed by atoms with Gasteiger partial charge in [0.1, 0.15) is 6.04 Å². The summed E-state index contributed by atoms with van der Waals surface area (Å²) < 4.78 is 41.4. The number of nitrogens with zero attached hydrogens (tertiary/aromatic N) is 3. The van der Waals surface area contributed by atoms with Crippen LogP contribution in [0, 0.1) is 24.7 Å². The number of aromatic nitrogens is 2. The Morgan fingerprint density at radius 3 is 2.59 bits per heavy atom. The van der Waals surface area contributed by atoms with Crippen LogP contribution in [0.15, 0.2) is 35.7 Å². The standard InChI is InChI=1S/C27H29ClF3N7S/c1-6-16-11-32-22-18(21(16)33-13-25(3,4)5)9-17(10-19(22)28)35-23(24-15(2)34-14-39-24)20-12-38(37-36-20)26(7-8-26)27(29,30)31/h1,9-12,14,23,35-37H,7-8,13H2,2-5H3,(H,32,33)/t23-/m1/s1. The van der Waals surface area contributed by atoms with E-state index in [0.29, 0.717) is 34.0 Å². The Labute approximate surface area is 234 Å². The molecular weight excluding hydrogens is 547 g/mol. The first-order valence-corrected chi connectivity index (χ1v) is 13.7. The Hall–Kier alpha value is -3.20. The molecule has 12 heteroatoms. The van der Waals surface area contributed by atoms with E-state index >= 15 is 0 Å². The molecule has 1 aromatic carbocycles. The molecule has 0 saturated heterocycles. The molecule has 0 unspecified atom stereocenters. The predicted molar refractivity (Wildman–Crippen MR) is 150 cm³/mol. The maximum atomic E-state index is 13.8. The van der Waals surface area contributed by atoms with E-state index in [9.17, 15) is 13.2 Å². The van der Waals surface area contributed by atoms with Crippen molar-refractivity contribution in [2.24, 2.45) is 5.41 Å². The highest BCUT2D eigenvalue weighted by atomic mass is 35.5. The van der Waals surface area contributed by atoms with Gasteiger partial charge in [-0.15, -0.1) is 23.3 Å². The summed E-state index contributed by atoms with van der Waals surface area (Å²) in [7, 11) is 0. The third kappa shape index (κ3) is 5.21. The molecule has 7 nitrogen and oxygen atoms in total. The Balaban J connectivity index is 1.55. The number of hydrogen-bond acceptors (Lipinski definition) is 8. The zero-order valence-corrected chi connectivity index (χ0v) is 23.5. The summed E-state index contributed by atoms with van der Waals surface area (Å²) >= 11 is 8.11. The zero-order chi connectivity index (χ0) is 28.2. The van der Waals surface area contributed by atoms with Crippen LogP contribution in [0.2, 0.25) is 5.02 Å². The second-order valence-electron chi connectivity index (χ2n) is 11.1. The largest absolute Gasteiger partial charge is 0.413 e. The van der Waals surface area contributed by atoms with Crippen molar-refractivity contribution in [1.82, 2.24) is 25.9 Å². The van der Waals surface area contributed by atoms with Gasteiger partial charge in [0.2, 0.25) is 0 Å². The van der Waals surface area contributed by atoms with E-state index in [1.807, 2.05) is 13.0 Å². The first kappa shape index (κ1) is 27.4. The molecule has 1 aliphatic carbocycles. The summed E-state index contributed by atoms with van der Waals surface area (Å²) in [6, 6.07) is 3.13. The first-order chi connectivity index (χ1) is 18.3. The number of hydrogen-bond donors (Lipinski definition) is 4. The smallest absolute Gasteiger partial charge is 0.383 e. The number of fused-ring (bicyclic) bond motifs is 1. The van der Waals surface area contributed by atoms with E-state index < -0.39 is 17.8 Å². The van der Waals surface area contributed by atoms with Crippen molar-refractivity contribution in [1.29, 1.82) is 0 Å². The van der Waals surface area contributed by atoms with Crippen molar-refractivity contribution in [3.05, 3.63) is 56.9 Å². The lowest BCUT2D eigenvalue weighted by atomic mass is 9.96. The van der Waals surface area contributed by atoms with Crippen molar-refractivity contribution in [2.45, 2.75) is 58.3 Å². The summed E-state index contributed by atoms with van der Waals surface area (Å²) in [6.07, 6.45) is 4.60. The number of hydrazine groups is 2. The number of anilines is 2. The van der Waals surface area contributed by atoms with E-state index in [0.717, 1.165) is 26.7 Å². The number of thiazole rings is 1. The van der Waals surface area contributed by atoms with E-state index in [2.05, 4.69) is 58.3 Å². The molecule has 5 rings (SSSR count). The van der Waals surface area contributed by atoms with Gasteiger partial charge < -0.3 is 16.1 Å². The number of halogens is 4. The van der Waals surface area contributed by atoms with Crippen LogP contribution < -0.4 is 21.6 Å². The Morgan fingerprint density at radius 2 is 2.00 bits per heavy atom. The van der Waals surface area contributed by atoms with Crippen molar-refractivity contribution in [3.63, 3.8) is 0 Å². The number of alkyl halides is 3. The fourth-order valence-corrected chi connectivity index (χ4v) is 5.66. The molecule has 0 amide bonds. The maximum absolute atomic E-state index is 13.8. The van der Waals surface area contributed by atoms with Crippen LogP contribution in [0.3, 0.4) is 0 Å². The molecule has 3 aromatic rings. The number of rotatable bonds is 7. The second kappa shape index (κ2) is 9.77. The zero-order valence-electron chi connectivity index (χ0n) is 21.9. The molecule has 2 aromatic heterocycles. The fraction of sp³-hybridized carbons (Fsp3) is 0.407. The monoisotopic (exact) mass is 575 g/mol. The van der Waals surface area contributed by atoms with Gasteiger partial charge in [-0.3, -0.25) is 9.99 Å². The number of nitrogens with one attached hydrogen (secondary N) is 4. The molecule has 0 bridgehead atoms. The molecule has 0 radical (unpaired) electrons. The molecule has 0 spiro atoms. The average molecular weight is 576 g/mol. The van der Waals surface area contributed by atoms with Crippen LogP contribution in [0.1, 0.15) is 55.8 Å². The average Bonchev–Trinajstić information content (AvgIpc) is 3.35. The lowest BCUT2D eigenvalue weighted by Crippen LogP contribution is -2.52. The first-order valence-electron chi connectivity index (χ1n) is 12.4. The van der Waals surface area contributed by atoms with Gasteiger partial charge in [0, 0.05) is 30.0 Å². The highest BCUT2D eigenvalue weighted by Crippen LogP contribution is 2.54. The van der Waals surface area contributed by atoms with Gasteiger partial charge in [-0.25, -0.2) is 4.98 Å². The normalized spacial score (nSPS) is 17.4. The van der Waals surface area contributed by atoms with Gasteiger partial charge in [-0.05, 0) is 37.3 Å². The third-order valence-corrected chi connectivity index (χ3v) is 8.13. The SMILES string of the molecule is C#Cc1cnc2c(Cl)cc(N[C@H](C3=CN(C4(C(F)(F)F)CC4)NN3)c3scnc3C)cc2c1NCC(C)(C)C. The third-order valence-electron chi connectivity index (χ3n) is 6.84. The highest BCUT2D eigenvalue weighted by molar-refractivity contribution is 7.09. The topological polar surface area (TPSA) is 77.1 Å². The number of terminal acetylenes is 1. The molecule has 1 aliphatic heterocycles. The van der Waals surface area contributed by atoms with E-state index in [1.54, 1.807) is 17.8 Å². The summed E-state index contributed by atoms with van der Waals surface area (Å²) in [4.78, 5) is 9.70. The van der Waals surface area contributed by atoms with Gasteiger partial charge in [-0.2, -0.15) is 13.2 Å². The van der Waals surface area contributed by atoms with Gasteiger partial charge >= 0.3 is 6.18 Å². The minimum absolute atomic E-state index is 0.00919. The van der Waals surface area contributed by atoms with Gasteiger partial charge in [0.15, 0.2) is 5.54 Å². The van der Waals surface area contributed by atoms with Crippen LogP contribution in [0.25, 0.3) is 10.9 Å². The molecule has 4 N–H and O–H groups in total. The van der Waals surface area contributed by atoms with Crippen molar-refractivity contribution >= 4 is 45.2 Å². The minimum Gasteiger partial charge on any atom is -0.383 e. The summed E-state index contributed by atoms with van der Waals surface area (Å²) in [5.74, 6) is 2.70. The quantitative estimate of drug-likeness (QED) is 0.239. The van der Waals surface area contributed by atoms with Crippen molar-refractivity contribution in [3.8, 4) is 12.3 Å². The Bertz CT molecular complexity index is 1480.